The van der Waals surface area contributed by atoms with Crippen LogP contribution in [0.1, 0.15) is 33.3 Å². The summed E-state index contributed by atoms with van der Waals surface area (Å²) in [6.45, 7) is 7.73. The maximum Gasteiger partial charge on any atom is 0.174 e. The second-order valence-electron chi connectivity index (χ2n) is 6.36. The van der Waals surface area contributed by atoms with Crippen LogP contribution >= 0.6 is 0 Å². The smallest absolute Gasteiger partial charge is 0.174 e. The Morgan fingerprint density at radius 2 is 1.76 bits per heavy atom. The molecule has 1 aromatic rings. The average Bonchev–Trinajstić information content (AvgIpc) is 2.47. The van der Waals surface area contributed by atoms with Gasteiger partial charge in [-0.05, 0) is 5.56 Å². The van der Waals surface area contributed by atoms with Crippen LogP contribution in [0.3, 0.4) is 0 Å². The van der Waals surface area contributed by atoms with Crippen LogP contribution in [0.5, 0.6) is 0 Å². The fourth-order valence-electron chi connectivity index (χ4n) is 2.71. The number of hydrogen-bond acceptors (Lipinski definition) is 2. The molecule has 0 saturated heterocycles. The molecule has 2 nitrogen and oxygen atoms in total. The Labute approximate surface area is 126 Å². The highest BCUT2D eigenvalue weighted by Crippen LogP contribution is 2.35. The zero-order valence-electron chi connectivity index (χ0n) is 13.1. The molecule has 0 bridgehead atoms. The monoisotopic (exact) mass is 282 g/mol. The van der Waals surface area contributed by atoms with Gasteiger partial charge in [0.05, 0.1) is 5.92 Å². The average molecular weight is 282 g/mol. The predicted molar refractivity (Wildman–Crippen MR) is 85.0 cm³/mol. The van der Waals surface area contributed by atoms with E-state index < -0.39 is 11.3 Å². The van der Waals surface area contributed by atoms with Crippen molar-refractivity contribution in [3.05, 3.63) is 59.7 Å². The second-order valence-corrected chi connectivity index (χ2v) is 6.36. The Morgan fingerprint density at radius 1 is 1.14 bits per heavy atom. The number of rotatable bonds is 4. The third-order valence-corrected chi connectivity index (χ3v) is 4.16. The summed E-state index contributed by atoms with van der Waals surface area (Å²) in [6.07, 6.45) is 5.40. The lowest BCUT2D eigenvalue weighted by atomic mass is 9.71. The first-order valence-corrected chi connectivity index (χ1v) is 7.38. The van der Waals surface area contributed by atoms with Gasteiger partial charge in [-0.1, -0.05) is 76.3 Å². The molecule has 0 amide bonds. The SMILES string of the molecule is CC(C)C(=O)C1C=CC=C(C(C)(C)c2ccccc2)C1=O. The normalized spacial score (nSPS) is 18.8. The minimum absolute atomic E-state index is 0.00860. The minimum Gasteiger partial charge on any atom is -0.298 e. The van der Waals surface area contributed by atoms with Crippen LogP contribution in [0.4, 0.5) is 0 Å². The van der Waals surface area contributed by atoms with Crippen LogP contribution in [-0.2, 0) is 15.0 Å². The molecule has 0 N–H and O–H groups in total. The van der Waals surface area contributed by atoms with Crippen molar-refractivity contribution in [2.24, 2.45) is 11.8 Å². The summed E-state index contributed by atoms with van der Waals surface area (Å²) in [5, 5.41) is 0. The molecule has 0 fully saturated rings. The van der Waals surface area contributed by atoms with Gasteiger partial charge in [-0.25, -0.2) is 0 Å². The first-order valence-electron chi connectivity index (χ1n) is 7.38. The van der Waals surface area contributed by atoms with Gasteiger partial charge in [0.2, 0.25) is 0 Å². The van der Waals surface area contributed by atoms with Gasteiger partial charge in [0.25, 0.3) is 0 Å². The van der Waals surface area contributed by atoms with Crippen molar-refractivity contribution in [3.63, 3.8) is 0 Å². The number of allylic oxidation sites excluding steroid dienone is 4. The van der Waals surface area contributed by atoms with Gasteiger partial charge in [-0.2, -0.15) is 0 Å². The number of carbonyl (C=O) groups is 2. The first-order chi connectivity index (χ1) is 9.85. The van der Waals surface area contributed by atoms with Crippen molar-refractivity contribution in [3.8, 4) is 0 Å². The zero-order valence-corrected chi connectivity index (χ0v) is 13.1. The van der Waals surface area contributed by atoms with Gasteiger partial charge in [-0.3, -0.25) is 9.59 Å². The molecular formula is C19H22O2. The van der Waals surface area contributed by atoms with Crippen LogP contribution in [0.2, 0.25) is 0 Å². The van der Waals surface area contributed by atoms with E-state index in [1.54, 1.807) is 6.08 Å². The van der Waals surface area contributed by atoms with Crippen molar-refractivity contribution >= 4 is 11.6 Å². The van der Waals surface area contributed by atoms with Crippen LogP contribution < -0.4 is 0 Å². The summed E-state index contributed by atoms with van der Waals surface area (Å²) < 4.78 is 0. The standard InChI is InChI=1S/C19H22O2/c1-13(2)17(20)15-11-8-12-16(18(15)21)19(3,4)14-9-6-5-7-10-14/h5-13,15H,1-4H3. The van der Waals surface area contributed by atoms with Crippen LogP contribution in [0.25, 0.3) is 0 Å². The molecule has 110 valence electrons. The Bertz CT molecular complexity index is 604. The predicted octanol–water partition coefficient (Wildman–Crippen LogP) is 3.87. The second kappa shape index (κ2) is 5.80. The highest BCUT2D eigenvalue weighted by Gasteiger charge is 2.37. The van der Waals surface area contributed by atoms with Gasteiger partial charge in [0.1, 0.15) is 5.78 Å². The Morgan fingerprint density at radius 3 is 2.33 bits per heavy atom. The van der Waals surface area contributed by atoms with E-state index in [0.29, 0.717) is 5.57 Å². The molecular weight excluding hydrogens is 260 g/mol. The Hall–Kier alpha value is -1.96. The highest BCUT2D eigenvalue weighted by molar-refractivity contribution is 6.14. The number of hydrogen-bond donors (Lipinski definition) is 0. The van der Waals surface area contributed by atoms with Gasteiger partial charge in [0, 0.05) is 16.9 Å². The number of ketones is 2. The zero-order chi connectivity index (χ0) is 15.6. The fraction of sp³-hybridized carbons (Fsp3) is 0.368. The Balaban J connectivity index is 2.37. The topological polar surface area (TPSA) is 34.1 Å². The molecule has 0 saturated carbocycles. The lowest BCUT2D eigenvalue weighted by molar-refractivity contribution is -0.131. The van der Waals surface area contributed by atoms with E-state index in [4.69, 9.17) is 0 Å². The van der Waals surface area contributed by atoms with Gasteiger partial charge in [-0.15, -0.1) is 0 Å². The van der Waals surface area contributed by atoms with Gasteiger partial charge in [0.15, 0.2) is 5.78 Å². The molecule has 21 heavy (non-hydrogen) atoms. The van der Waals surface area contributed by atoms with Crippen LogP contribution in [0.15, 0.2) is 54.1 Å². The molecule has 2 rings (SSSR count). The number of carbonyl (C=O) groups excluding carboxylic acids is 2. The fourth-order valence-corrected chi connectivity index (χ4v) is 2.71. The quantitative estimate of drug-likeness (QED) is 0.786. The largest absolute Gasteiger partial charge is 0.298 e. The molecule has 1 aliphatic carbocycles. The molecule has 0 heterocycles. The van der Waals surface area contributed by atoms with E-state index in [1.807, 2.05) is 70.2 Å². The lowest BCUT2D eigenvalue weighted by Gasteiger charge is -2.31. The van der Waals surface area contributed by atoms with Crippen molar-refractivity contribution in [2.45, 2.75) is 33.1 Å². The van der Waals surface area contributed by atoms with Crippen molar-refractivity contribution in [1.29, 1.82) is 0 Å². The van der Waals surface area contributed by atoms with E-state index in [-0.39, 0.29) is 17.5 Å². The van der Waals surface area contributed by atoms with E-state index in [0.717, 1.165) is 5.56 Å². The summed E-state index contributed by atoms with van der Waals surface area (Å²) in [6, 6.07) is 9.94. The molecule has 1 aliphatic rings. The Kier molecular flexibility index (Phi) is 4.26. The molecule has 1 atom stereocenters. The lowest BCUT2D eigenvalue weighted by Crippen LogP contribution is -2.35. The van der Waals surface area contributed by atoms with Crippen molar-refractivity contribution < 1.29 is 9.59 Å². The molecule has 1 aromatic carbocycles. The third kappa shape index (κ3) is 2.90. The van der Waals surface area contributed by atoms with E-state index >= 15 is 0 Å². The molecule has 0 aliphatic heterocycles. The summed E-state index contributed by atoms with van der Waals surface area (Å²) in [5.41, 5.74) is 1.38. The van der Waals surface area contributed by atoms with E-state index in [9.17, 15) is 9.59 Å². The summed E-state index contributed by atoms with van der Waals surface area (Å²) in [5.74, 6) is -0.841. The number of Topliss-reactive ketones (excluding diaryl/α,β-unsaturated/α-hetero) is 2. The summed E-state index contributed by atoms with van der Waals surface area (Å²) >= 11 is 0. The molecule has 0 aromatic heterocycles. The maximum absolute atomic E-state index is 12.8. The van der Waals surface area contributed by atoms with Crippen LogP contribution in [0, 0.1) is 11.8 Å². The van der Waals surface area contributed by atoms with Crippen molar-refractivity contribution in [1.82, 2.24) is 0 Å². The minimum atomic E-state index is -0.631. The molecule has 0 radical (unpaired) electrons. The van der Waals surface area contributed by atoms with Gasteiger partial charge < -0.3 is 0 Å². The summed E-state index contributed by atoms with van der Waals surface area (Å²) in [4.78, 5) is 25.0. The van der Waals surface area contributed by atoms with Gasteiger partial charge >= 0.3 is 0 Å². The molecule has 0 spiro atoms. The first kappa shape index (κ1) is 15.4. The molecule has 1 unspecified atom stereocenters. The third-order valence-electron chi connectivity index (χ3n) is 4.16. The maximum atomic E-state index is 12.8. The van der Waals surface area contributed by atoms with E-state index in [1.165, 1.54) is 0 Å². The van der Waals surface area contributed by atoms with Crippen LogP contribution in [-0.4, -0.2) is 11.6 Å². The highest BCUT2D eigenvalue weighted by atomic mass is 16.2. The van der Waals surface area contributed by atoms with Crippen molar-refractivity contribution in [2.75, 3.05) is 0 Å². The summed E-state index contributed by atoms with van der Waals surface area (Å²) in [7, 11) is 0. The number of benzene rings is 1. The molecule has 2 heteroatoms. The van der Waals surface area contributed by atoms with E-state index in [2.05, 4.69) is 0 Å².